The number of anilines is 1. The molecule has 2 N–H and O–H groups in total. The quantitative estimate of drug-likeness (QED) is 0.126. The molecular formula is C44H30AlN8O4P. The first-order chi connectivity index (χ1) is 28.5. The number of benzene rings is 6. The lowest BCUT2D eigenvalue weighted by Gasteiger charge is -2.30. The number of nitrogen functional groups attached to an aromatic ring is 1. The zero-order valence-corrected chi connectivity index (χ0v) is 32.6. The number of fused-ring (bicyclic) bond motifs is 11. The number of nitrogens with two attached hydrogens (primary N) is 1. The summed E-state index contributed by atoms with van der Waals surface area (Å²) in [5.74, 6) is 3.27. The predicted molar refractivity (Wildman–Crippen MR) is 228 cm³/mol. The second-order valence-corrected chi connectivity index (χ2v) is 17.6. The molecule has 1 aromatic heterocycles. The van der Waals surface area contributed by atoms with Gasteiger partial charge in [-0.05, 0) is 29.8 Å². The van der Waals surface area contributed by atoms with E-state index in [1.807, 2.05) is 123 Å². The third-order valence-electron chi connectivity index (χ3n) is 10.3. The third-order valence-corrected chi connectivity index (χ3v) is 14.9. The van der Waals surface area contributed by atoms with E-state index in [0.717, 1.165) is 44.2 Å². The van der Waals surface area contributed by atoms with Crippen molar-refractivity contribution in [3.05, 3.63) is 191 Å². The van der Waals surface area contributed by atoms with Gasteiger partial charge in [-0.3, -0.25) is 4.99 Å². The molecule has 0 fully saturated rings. The fourth-order valence-electron chi connectivity index (χ4n) is 7.69. The molecule has 0 radical (unpaired) electrons. The Hall–Kier alpha value is -6.87. The molecule has 0 saturated heterocycles. The van der Waals surface area contributed by atoms with Crippen LogP contribution in [0.4, 0.5) is 11.6 Å². The number of hydrogen-bond donors (Lipinski definition) is 1. The molecule has 0 aliphatic carbocycles. The number of amidine groups is 4. The van der Waals surface area contributed by atoms with Gasteiger partial charge >= 0.3 is 22.7 Å². The van der Waals surface area contributed by atoms with Gasteiger partial charge in [0.15, 0.2) is 17.8 Å². The standard InChI is InChI=1S/C32H20N8.C12H11O4P.Al/c33-26-20-11-3-4-12-21(20)28(35-26)37-30-24-15-7-8-16-25(24)32(39-30)40-31-23-14-6-5-13-22(23)29(38-31)36-27-19-10-2-1-9-18(19)17-34-27;13-17(14,15-11-7-3-1-4-8-11)16-12-9-5-2-6-10-12;/h1-17,27H,33H2;1-10H,(H,13,14);/q-2;;+3/p-1. The summed E-state index contributed by atoms with van der Waals surface area (Å²) >= 11 is -3.66. The van der Waals surface area contributed by atoms with Crippen LogP contribution in [0.3, 0.4) is 0 Å². The smallest absolute Gasteiger partial charge is 0.397 e. The minimum absolute atomic E-state index is 0.286. The van der Waals surface area contributed by atoms with Gasteiger partial charge in [-0.1, -0.05) is 133 Å². The van der Waals surface area contributed by atoms with Gasteiger partial charge in [-0.2, -0.15) is 0 Å². The molecule has 0 spiro atoms. The molecule has 11 rings (SSSR count). The van der Waals surface area contributed by atoms with E-state index in [1.54, 1.807) is 48.5 Å². The Morgan fingerprint density at radius 3 is 1.90 bits per heavy atom. The number of nitrogens with zero attached hydrogens (tertiary/aromatic N) is 7. The van der Waals surface area contributed by atoms with Gasteiger partial charge in [0, 0.05) is 44.8 Å². The maximum atomic E-state index is 15.6. The Balaban J connectivity index is 1.21. The summed E-state index contributed by atoms with van der Waals surface area (Å²) in [7, 11) is -4.62. The summed E-state index contributed by atoms with van der Waals surface area (Å²) in [6.07, 6.45) is 1.24. The number of para-hydroxylation sites is 2. The van der Waals surface area contributed by atoms with Gasteiger partial charge in [-0.15, -0.1) is 0 Å². The highest BCUT2D eigenvalue weighted by Gasteiger charge is 2.55. The largest absolute Gasteiger partial charge is 0.819 e. The average molecular weight is 793 g/mol. The first-order valence-corrected chi connectivity index (χ1v) is 21.6. The number of aromatic nitrogens is 1. The van der Waals surface area contributed by atoms with Crippen LogP contribution < -0.4 is 14.8 Å². The third kappa shape index (κ3) is 5.71. The molecule has 1 atom stereocenters. The Kier molecular flexibility index (Phi) is 8.10. The molecule has 4 aliphatic rings. The minimum atomic E-state index is -4.62. The zero-order valence-electron chi connectivity index (χ0n) is 30.5. The van der Waals surface area contributed by atoms with Crippen LogP contribution >= 0.6 is 7.82 Å². The van der Waals surface area contributed by atoms with Crippen molar-refractivity contribution < 1.29 is 17.2 Å². The van der Waals surface area contributed by atoms with Crippen LogP contribution in [0.5, 0.6) is 11.5 Å². The Bertz CT molecular complexity index is 2970. The molecule has 58 heavy (non-hydrogen) atoms. The van der Waals surface area contributed by atoms with Crippen molar-refractivity contribution in [2.75, 3.05) is 5.73 Å². The van der Waals surface area contributed by atoms with E-state index in [-0.39, 0.29) is 11.5 Å². The topological polar surface area (TPSA) is 141 Å². The molecular weight excluding hydrogens is 762 g/mol. The van der Waals surface area contributed by atoms with Crippen molar-refractivity contribution in [1.82, 2.24) is 7.43 Å². The van der Waals surface area contributed by atoms with Crippen molar-refractivity contribution in [1.29, 1.82) is 0 Å². The van der Waals surface area contributed by atoms with E-state index >= 15 is 4.57 Å². The molecule has 14 heteroatoms. The Labute approximate surface area is 337 Å². The van der Waals surface area contributed by atoms with Gasteiger partial charge < -0.3 is 25.8 Å². The summed E-state index contributed by atoms with van der Waals surface area (Å²) in [6.45, 7) is 0. The van der Waals surface area contributed by atoms with Crippen molar-refractivity contribution >= 4 is 74.7 Å². The SMILES string of the molecule is Nc1c2ccccc2c2[n]1[Al]([O]P(=O)(Oc1ccccc1)Oc1ccccc1)[N]1C(=NC3=NC(=N2)c2ccccc23)c2ccccc2C1=NC1N=Cc2ccccc21. The van der Waals surface area contributed by atoms with Gasteiger partial charge in [0.1, 0.15) is 29.0 Å². The lowest BCUT2D eigenvalue weighted by atomic mass is 10.1. The van der Waals surface area contributed by atoms with Gasteiger partial charge in [0.05, 0.1) is 5.82 Å². The monoisotopic (exact) mass is 792 g/mol. The first-order valence-electron chi connectivity index (χ1n) is 18.6. The molecule has 1 unspecified atom stereocenters. The summed E-state index contributed by atoms with van der Waals surface area (Å²) in [4.78, 5) is 25.9. The maximum absolute atomic E-state index is 15.6. The molecule has 6 aromatic carbocycles. The molecule has 7 aromatic rings. The van der Waals surface area contributed by atoms with Crippen molar-refractivity contribution in [2.45, 2.75) is 6.17 Å². The average Bonchev–Trinajstić information content (AvgIpc) is 3.99. The van der Waals surface area contributed by atoms with Crippen molar-refractivity contribution in [3.63, 3.8) is 0 Å². The number of aliphatic imine (C=N–C) groups is 5. The van der Waals surface area contributed by atoms with Gasteiger partial charge in [0.2, 0.25) is 0 Å². The van der Waals surface area contributed by atoms with E-state index in [9.17, 15) is 0 Å². The summed E-state index contributed by atoms with van der Waals surface area (Å²) in [5, 5.41) is 1.48. The first kappa shape index (κ1) is 34.4. The highest BCUT2D eigenvalue weighted by Crippen LogP contribution is 2.52. The Morgan fingerprint density at radius 2 is 1.19 bits per heavy atom. The number of phosphoric acid groups is 1. The summed E-state index contributed by atoms with van der Waals surface area (Å²) < 4.78 is 39.1. The molecule has 0 amide bonds. The molecule has 278 valence electrons. The van der Waals surface area contributed by atoms with Crippen LogP contribution in [-0.2, 0) is 8.14 Å². The molecule has 0 saturated carbocycles. The predicted octanol–water partition coefficient (Wildman–Crippen LogP) is 8.83. The van der Waals surface area contributed by atoms with E-state index in [4.69, 9.17) is 43.3 Å². The number of phosphoric ester groups is 1. The van der Waals surface area contributed by atoms with E-state index in [0.29, 0.717) is 35.0 Å². The van der Waals surface area contributed by atoms with E-state index in [2.05, 4.69) is 0 Å². The molecule has 12 nitrogen and oxygen atoms in total. The van der Waals surface area contributed by atoms with Crippen molar-refractivity contribution in [2.24, 2.45) is 25.0 Å². The highest BCUT2D eigenvalue weighted by atomic mass is 31.2. The van der Waals surface area contributed by atoms with Gasteiger partial charge in [-0.25, -0.2) is 24.5 Å². The van der Waals surface area contributed by atoms with Crippen LogP contribution in [-0.4, -0.2) is 51.9 Å². The summed E-state index contributed by atoms with van der Waals surface area (Å²) in [5.41, 5.74) is 12.3. The second kappa shape index (κ2) is 13.7. The highest BCUT2D eigenvalue weighted by molar-refractivity contribution is 7.50. The van der Waals surface area contributed by atoms with Crippen LogP contribution in [0.2, 0.25) is 0 Å². The summed E-state index contributed by atoms with van der Waals surface area (Å²) in [6, 6.07) is 49.1. The number of rotatable bonds is 7. The molecule has 4 aliphatic heterocycles. The maximum Gasteiger partial charge on any atom is 0.819 e. The van der Waals surface area contributed by atoms with Crippen LogP contribution in [0.25, 0.3) is 10.8 Å². The fraction of sp³-hybridized carbons (Fsp3) is 0.0227. The van der Waals surface area contributed by atoms with Crippen LogP contribution in [0.1, 0.15) is 39.5 Å². The van der Waals surface area contributed by atoms with Crippen LogP contribution in [0, 0.1) is 0 Å². The van der Waals surface area contributed by atoms with E-state index < -0.39 is 28.9 Å². The lowest BCUT2D eigenvalue weighted by Crippen LogP contribution is -2.51. The Morgan fingerprint density at radius 1 is 0.621 bits per heavy atom. The number of hydrogen-bond acceptors (Lipinski definition) is 10. The van der Waals surface area contributed by atoms with Crippen LogP contribution in [0.15, 0.2) is 183 Å². The lowest BCUT2D eigenvalue weighted by molar-refractivity contribution is 0.291. The minimum Gasteiger partial charge on any atom is -0.397 e. The van der Waals surface area contributed by atoms with Crippen molar-refractivity contribution in [3.8, 4) is 11.5 Å². The fourth-order valence-corrected chi connectivity index (χ4v) is 12.3. The zero-order chi connectivity index (χ0) is 38.8. The second-order valence-electron chi connectivity index (χ2n) is 13.8. The van der Waals surface area contributed by atoms with Gasteiger partial charge in [0.25, 0.3) is 0 Å². The van der Waals surface area contributed by atoms with E-state index in [1.165, 1.54) is 0 Å². The molecule has 5 heterocycles. The normalized spacial score (nSPS) is 16.9. The molecule has 2 bridgehead atoms.